The van der Waals surface area contributed by atoms with E-state index < -0.39 is 0 Å². The number of nitrogens with one attached hydrogen (secondary N) is 1. The van der Waals surface area contributed by atoms with Gasteiger partial charge in [-0.3, -0.25) is 10.1 Å². The average molecular weight is 759 g/mol. The fourth-order valence-electron chi connectivity index (χ4n) is 9.67. The molecule has 5 heteroatoms. The number of hydrogen-bond acceptors (Lipinski definition) is 3. The first-order valence-corrected chi connectivity index (χ1v) is 20.3. The number of aromatic nitrogens is 2. The number of nitrogen functional groups attached to an aromatic ring is 1. The summed E-state index contributed by atoms with van der Waals surface area (Å²) in [6, 6.07) is 64.6. The van der Waals surface area contributed by atoms with Gasteiger partial charge in [-0.05, 0) is 117 Å². The molecular weight excluding hydrogens is 721 g/mol. The highest BCUT2D eigenvalue weighted by Gasteiger charge is 2.24. The normalized spacial score (nSPS) is 11.9. The second kappa shape index (κ2) is 12.9. The number of anilines is 2. The molecule has 0 aliphatic rings. The van der Waals surface area contributed by atoms with Gasteiger partial charge in [0.2, 0.25) is 0 Å². The van der Waals surface area contributed by atoms with Crippen molar-refractivity contribution in [2.45, 2.75) is 13.3 Å². The fraction of sp³-hybridized carbons (Fsp3) is 0.0370. The molecule has 3 N–H and O–H groups in total. The van der Waals surface area contributed by atoms with Gasteiger partial charge in [-0.15, -0.1) is 0 Å². The average Bonchev–Trinajstić information content (AvgIpc) is 3.94. The first-order valence-electron chi connectivity index (χ1n) is 20.3. The van der Waals surface area contributed by atoms with Gasteiger partial charge < -0.3 is 14.7 Å². The number of aryl methyl sites for hydroxylation is 1. The summed E-state index contributed by atoms with van der Waals surface area (Å²) in [5, 5.41) is 15.0. The van der Waals surface area contributed by atoms with Crippen LogP contribution in [0.15, 0.2) is 186 Å². The Morgan fingerprint density at radius 3 is 1.78 bits per heavy atom. The SMILES string of the molecule is CCc1cccc2oc3ccccc3c12.Nc1ccccc1Nn1c2cccc3c4cc5ccccc5cc4c4cccc5c4c4c(c32)c1ccc4n5-c1ccccc1. The van der Waals surface area contributed by atoms with Crippen molar-refractivity contribution in [3.8, 4) is 5.69 Å². The van der Waals surface area contributed by atoms with Gasteiger partial charge in [0, 0.05) is 38.0 Å². The van der Waals surface area contributed by atoms with Crippen LogP contribution < -0.4 is 11.2 Å². The first-order chi connectivity index (χ1) is 29.2. The molecule has 0 fully saturated rings. The van der Waals surface area contributed by atoms with Crippen molar-refractivity contribution in [3.63, 3.8) is 0 Å². The van der Waals surface area contributed by atoms with Crippen molar-refractivity contribution in [1.29, 1.82) is 0 Å². The maximum Gasteiger partial charge on any atom is 0.135 e. The number of fused-ring (bicyclic) bond motifs is 7. The number of furan rings is 1. The highest BCUT2D eigenvalue weighted by molar-refractivity contribution is 6.39. The van der Waals surface area contributed by atoms with E-state index in [4.69, 9.17) is 10.2 Å². The highest BCUT2D eigenvalue weighted by atomic mass is 16.3. The van der Waals surface area contributed by atoms with Crippen molar-refractivity contribution in [3.05, 3.63) is 188 Å². The highest BCUT2D eigenvalue weighted by Crippen LogP contribution is 2.47. The molecule has 0 unspecified atom stereocenters. The minimum Gasteiger partial charge on any atom is -0.456 e. The third kappa shape index (κ3) is 4.91. The van der Waals surface area contributed by atoms with Gasteiger partial charge in [-0.25, -0.2) is 0 Å². The summed E-state index contributed by atoms with van der Waals surface area (Å²) >= 11 is 0. The zero-order chi connectivity index (χ0) is 39.2. The Bertz CT molecular complexity index is 3760. The number of nitrogens with two attached hydrogens (primary N) is 1. The van der Waals surface area contributed by atoms with Gasteiger partial charge in [0.15, 0.2) is 0 Å². The molecule has 0 bridgehead atoms. The molecule has 280 valence electrons. The van der Waals surface area contributed by atoms with Crippen molar-refractivity contribution in [1.82, 2.24) is 9.24 Å². The molecule has 0 saturated carbocycles. The zero-order valence-corrected chi connectivity index (χ0v) is 32.4. The summed E-state index contributed by atoms with van der Waals surface area (Å²) in [5.41, 5.74) is 20.9. The molecule has 3 aromatic heterocycles. The Hall–Kier alpha value is -7.76. The predicted molar refractivity (Wildman–Crippen MR) is 250 cm³/mol. The van der Waals surface area contributed by atoms with Gasteiger partial charge in [-0.1, -0.05) is 116 Å². The summed E-state index contributed by atoms with van der Waals surface area (Å²) in [4.78, 5) is 0. The number of para-hydroxylation sites is 4. The van der Waals surface area contributed by atoms with E-state index in [1.54, 1.807) is 0 Å². The van der Waals surface area contributed by atoms with E-state index in [9.17, 15) is 0 Å². The van der Waals surface area contributed by atoms with Crippen molar-refractivity contribution in [2.24, 2.45) is 0 Å². The minimum atomic E-state index is 0.712. The molecule has 5 nitrogen and oxygen atoms in total. The Morgan fingerprint density at radius 2 is 1.02 bits per heavy atom. The molecule has 3 heterocycles. The van der Waals surface area contributed by atoms with Crippen LogP contribution in [0.2, 0.25) is 0 Å². The zero-order valence-electron chi connectivity index (χ0n) is 32.4. The Labute approximate surface area is 339 Å². The molecule has 0 atom stereocenters. The molecule has 13 aromatic rings. The van der Waals surface area contributed by atoms with E-state index in [0.29, 0.717) is 5.69 Å². The lowest BCUT2D eigenvalue weighted by Crippen LogP contribution is -2.10. The standard InChI is InChI=1S/C40H26N4.C14H12O/c41-31-16-6-7-17-32(31)42-44-35-19-9-15-28-30-23-25-11-5-4-10-24(25)22-29(30)27-14-8-18-33-37(27)39-34(20-21-36(44)40(39)38(28)35)43(33)26-12-2-1-3-13-26;1-2-10-6-5-9-13-14(10)11-7-3-4-8-12(11)15-13/h1-23,42H,41H2;3-9H,2H2,1H3. The van der Waals surface area contributed by atoms with Crippen molar-refractivity contribution >= 4 is 109 Å². The second-order valence-electron chi connectivity index (χ2n) is 15.4. The lowest BCUT2D eigenvalue weighted by molar-refractivity contribution is 0.668. The topological polar surface area (TPSA) is 61.0 Å². The largest absolute Gasteiger partial charge is 0.456 e. The van der Waals surface area contributed by atoms with Crippen LogP contribution in [0, 0.1) is 0 Å². The lowest BCUT2D eigenvalue weighted by Gasteiger charge is -2.13. The van der Waals surface area contributed by atoms with Crippen LogP contribution >= 0.6 is 0 Å². The van der Waals surface area contributed by atoms with Crippen molar-refractivity contribution in [2.75, 3.05) is 11.2 Å². The summed E-state index contributed by atoms with van der Waals surface area (Å²) in [5.74, 6) is 0. The molecular formula is C54H38N4O. The van der Waals surface area contributed by atoms with E-state index in [1.807, 2.05) is 42.5 Å². The number of hydrogen-bond donors (Lipinski definition) is 2. The number of nitrogens with zero attached hydrogens (tertiary/aromatic N) is 2. The van der Waals surface area contributed by atoms with E-state index in [-0.39, 0.29) is 0 Å². The van der Waals surface area contributed by atoms with Crippen LogP contribution in [-0.2, 0) is 6.42 Å². The lowest BCUT2D eigenvalue weighted by atomic mass is 9.93. The first kappa shape index (κ1) is 33.4. The Balaban J connectivity index is 0.000000211. The third-order valence-corrected chi connectivity index (χ3v) is 12.3. The van der Waals surface area contributed by atoms with Crippen LogP contribution in [-0.4, -0.2) is 9.24 Å². The summed E-state index contributed by atoms with van der Waals surface area (Å²) in [6.07, 6.45) is 1.04. The molecule has 10 aromatic carbocycles. The van der Waals surface area contributed by atoms with Crippen LogP contribution in [0.25, 0.3) is 104 Å². The van der Waals surface area contributed by atoms with Crippen LogP contribution in [0.5, 0.6) is 0 Å². The van der Waals surface area contributed by atoms with Crippen LogP contribution in [0.1, 0.15) is 12.5 Å². The monoisotopic (exact) mass is 758 g/mol. The van der Waals surface area contributed by atoms with Crippen molar-refractivity contribution < 1.29 is 4.42 Å². The van der Waals surface area contributed by atoms with E-state index in [1.165, 1.54) is 81.2 Å². The Kier molecular flexibility index (Phi) is 7.29. The predicted octanol–water partition coefficient (Wildman–Crippen LogP) is 14.4. The third-order valence-electron chi connectivity index (χ3n) is 12.3. The molecule has 0 aliphatic carbocycles. The second-order valence-corrected chi connectivity index (χ2v) is 15.4. The van der Waals surface area contributed by atoms with E-state index in [2.05, 4.69) is 161 Å². The number of rotatable bonds is 4. The molecule has 0 spiro atoms. The number of benzene rings is 9. The molecule has 0 saturated heterocycles. The molecule has 0 aliphatic heterocycles. The molecule has 0 radical (unpaired) electrons. The molecule has 0 amide bonds. The fourth-order valence-corrected chi connectivity index (χ4v) is 9.67. The van der Waals surface area contributed by atoms with E-state index >= 15 is 0 Å². The maximum atomic E-state index is 6.46. The maximum absolute atomic E-state index is 6.46. The Morgan fingerprint density at radius 1 is 0.458 bits per heavy atom. The summed E-state index contributed by atoms with van der Waals surface area (Å²) in [6.45, 7) is 2.18. The van der Waals surface area contributed by atoms with Crippen LogP contribution in [0.4, 0.5) is 11.4 Å². The van der Waals surface area contributed by atoms with Gasteiger partial charge in [0.25, 0.3) is 0 Å². The van der Waals surface area contributed by atoms with Crippen LogP contribution in [0.3, 0.4) is 0 Å². The van der Waals surface area contributed by atoms with Gasteiger partial charge in [0.05, 0.1) is 33.4 Å². The summed E-state index contributed by atoms with van der Waals surface area (Å²) < 4.78 is 10.4. The quantitative estimate of drug-likeness (QED) is 0.176. The van der Waals surface area contributed by atoms with Gasteiger partial charge in [0.1, 0.15) is 11.2 Å². The van der Waals surface area contributed by atoms with Gasteiger partial charge in [-0.2, -0.15) is 0 Å². The van der Waals surface area contributed by atoms with Gasteiger partial charge >= 0.3 is 0 Å². The van der Waals surface area contributed by atoms with E-state index in [0.717, 1.165) is 40.0 Å². The smallest absolute Gasteiger partial charge is 0.135 e. The minimum absolute atomic E-state index is 0.712. The molecule has 13 rings (SSSR count). The molecule has 59 heavy (non-hydrogen) atoms. The summed E-state index contributed by atoms with van der Waals surface area (Å²) in [7, 11) is 0.